The molecule has 7 heteroatoms. The Bertz CT molecular complexity index is 568. The summed E-state index contributed by atoms with van der Waals surface area (Å²) in [5, 5.41) is 5.70. The Hall–Kier alpha value is -1.63. The Morgan fingerprint density at radius 3 is 2.52 bits per heavy atom. The van der Waals surface area contributed by atoms with Crippen LogP contribution in [0.1, 0.15) is 37.3 Å². The van der Waals surface area contributed by atoms with Crippen molar-refractivity contribution in [2.45, 2.75) is 38.9 Å². The fourth-order valence-electron chi connectivity index (χ4n) is 2.84. The molecule has 2 N–H and O–H groups in total. The molecular weight excluding hydrogens is 312 g/mol. The standard InChI is InChI=1S/C16H20F4N2O/c1-2-22-14(23)15(6-3-7-15)10-21-9-11-4-5-12(17)8-13(11)16(18,19)20/h4-5,8,21H,2-3,6-7,9-10H2,1H3,(H,22,23). The minimum atomic E-state index is -4.60. The second-order valence-corrected chi connectivity index (χ2v) is 5.90. The molecule has 0 heterocycles. The van der Waals surface area contributed by atoms with Crippen LogP contribution < -0.4 is 10.6 Å². The smallest absolute Gasteiger partial charge is 0.356 e. The van der Waals surface area contributed by atoms with Crippen molar-refractivity contribution in [3.8, 4) is 0 Å². The molecule has 1 saturated carbocycles. The SMILES string of the molecule is CCNC(=O)C1(CNCc2ccc(F)cc2C(F)(F)F)CCC1. The highest BCUT2D eigenvalue weighted by atomic mass is 19.4. The van der Waals surface area contributed by atoms with Gasteiger partial charge in [-0.15, -0.1) is 0 Å². The van der Waals surface area contributed by atoms with Crippen molar-refractivity contribution < 1.29 is 22.4 Å². The Labute approximate surface area is 132 Å². The molecule has 0 atom stereocenters. The maximum absolute atomic E-state index is 13.1. The lowest BCUT2D eigenvalue weighted by atomic mass is 9.68. The van der Waals surface area contributed by atoms with Crippen LogP contribution in [-0.4, -0.2) is 19.0 Å². The molecule has 0 saturated heterocycles. The van der Waals surface area contributed by atoms with E-state index in [1.54, 1.807) is 0 Å². The molecule has 0 spiro atoms. The quantitative estimate of drug-likeness (QED) is 0.785. The van der Waals surface area contributed by atoms with Gasteiger partial charge >= 0.3 is 6.18 Å². The Balaban J connectivity index is 2.03. The van der Waals surface area contributed by atoms with E-state index < -0.39 is 23.0 Å². The molecule has 0 aliphatic heterocycles. The van der Waals surface area contributed by atoms with E-state index in [0.29, 0.717) is 19.2 Å². The molecule has 2 rings (SSSR count). The summed E-state index contributed by atoms with van der Waals surface area (Å²) in [5.74, 6) is -0.979. The number of hydrogen-bond donors (Lipinski definition) is 2. The van der Waals surface area contributed by atoms with Crippen molar-refractivity contribution in [1.29, 1.82) is 0 Å². The van der Waals surface area contributed by atoms with Crippen LogP contribution >= 0.6 is 0 Å². The largest absolute Gasteiger partial charge is 0.416 e. The minimum Gasteiger partial charge on any atom is -0.356 e. The summed E-state index contributed by atoms with van der Waals surface area (Å²) in [4.78, 5) is 12.1. The maximum atomic E-state index is 13.1. The molecule has 0 unspecified atom stereocenters. The molecule has 23 heavy (non-hydrogen) atoms. The molecule has 1 amide bonds. The summed E-state index contributed by atoms with van der Waals surface area (Å²) >= 11 is 0. The molecule has 1 aliphatic carbocycles. The second kappa shape index (κ2) is 6.86. The average Bonchev–Trinajstić information content (AvgIpc) is 2.42. The number of rotatable bonds is 6. The highest BCUT2D eigenvalue weighted by Crippen LogP contribution is 2.40. The van der Waals surface area contributed by atoms with E-state index in [4.69, 9.17) is 0 Å². The molecule has 3 nitrogen and oxygen atoms in total. The number of benzene rings is 1. The van der Waals surface area contributed by atoms with Crippen molar-refractivity contribution in [3.63, 3.8) is 0 Å². The van der Waals surface area contributed by atoms with Crippen LogP contribution in [0.5, 0.6) is 0 Å². The van der Waals surface area contributed by atoms with E-state index in [2.05, 4.69) is 10.6 Å². The first-order valence-corrected chi connectivity index (χ1v) is 7.63. The predicted octanol–water partition coefficient (Wildman–Crippen LogP) is 3.24. The highest BCUT2D eigenvalue weighted by Gasteiger charge is 2.43. The van der Waals surface area contributed by atoms with Crippen molar-refractivity contribution in [2.75, 3.05) is 13.1 Å². The minimum absolute atomic E-state index is 0.0238. The van der Waals surface area contributed by atoms with Gasteiger partial charge in [-0.1, -0.05) is 12.5 Å². The lowest BCUT2D eigenvalue weighted by molar-refractivity contribution is -0.139. The van der Waals surface area contributed by atoms with Crippen molar-refractivity contribution in [3.05, 3.63) is 35.1 Å². The number of carbonyl (C=O) groups excluding carboxylic acids is 1. The van der Waals surface area contributed by atoms with E-state index in [-0.39, 0.29) is 18.0 Å². The van der Waals surface area contributed by atoms with E-state index >= 15 is 0 Å². The van der Waals surface area contributed by atoms with E-state index in [0.717, 1.165) is 31.4 Å². The summed E-state index contributed by atoms with van der Waals surface area (Å²) in [6.07, 6.45) is -2.22. The summed E-state index contributed by atoms with van der Waals surface area (Å²) in [6.45, 7) is 2.60. The zero-order valence-electron chi connectivity index (χ0n) is 12.9. The molecule has 0 radical (unpaired) electrons. The van der Waals surface area contributed by atoms with Gasteiger partial charge in [0.25, 0.3) is 0 Å². The molecule has 1 aromatic rings. The van der Waals surface area contributed by atoms with Gasteiger partial charge in [0.05, 0.1) is 11.0 Å². The fraction of sp³-hybridized carbons (Fsp3) is 0.562. The highest BCUT2D eigenvalue weighted by molar-refractivity contribution is 5.83. The van der Waals surface area contributed by atoms with Gasteiger partial charge in [-0.2, -0.15) is 13.2 Å². The number of carbonyl (C=O) groups is 1. The van der Waals surface area contributed by atoms with Crippen LogP contribution in [0.4, 0.5) is 17.6 Å². The van der Waals surface area contributed by atoms with Crippen LogP contribution in [0.15, 0.2) is 18.2 Å². The first-order chi connectivity index (χ1) is 10.8. The third kappa shape index (κ3) is 4.02. The van der Waals surface area contributed by atoms with Gasteiger partial charge in [0, 0.05) is 19.6 Å². The van der Waals surface area contributed by atoms with Gasteiger partial charge in [0.2, 0.25) is 5.91 Å². The fourth-order valence-corrected chi connectivity index (χ4v) is 2.84. The molecular formula is C16H20F4N2O. The van der Waals surface area contributed by atoms with Crippen LogP contribution in [0.2, 0.25) is 0 Å². The van der Waals surface area contributed by atoms with E-state index in [1.807, 2.05) is 6.92 Å². The van der Waals surface area contributed by atoms with Crippen LogP contribution in [0.25, 0.3) is 0 Å². The van der Waals surface area contributed by atoms with Crippen molar-refractivity contribution >= 4 is 5.91 Å². The molecule has 0 bridgehead atoms. The second-order valence-electron chi connectivity index (χ2n) is 5.90. The lowest BCUT2D eigenvalue weighted by Crippen LogP contribution is -2.51. The number of hydrogen-bond acceptors (Lipinski definition) is 2. The number of amides is 1. The summed E-state index contributed by atoms with van der Waals surface area (Å²) in [6, 6.07) is 2.64. The number of halogens is 4. The average molecular weight is 332 g/mol. The molecule has 1 aromatic carbocycles. The summed E-state index contributed by atoms with van der Waals surface area (Å²) < 4.78 is 51.9. The third-order valence-electron chi connectivity index (χ3n) is 4.29. The maximum Gasteiger partial charge on any atom is 0.416 e. The van der Waals surface area contributed by atoms with Crippen LogP contribution in [-0.2, 0) is 17.5 Å². The Kier molecular flexibility index (Phi) is 5.29. The zero-order chi connectivity index (χ0) is 17.1. The Morgan fingerprint density at radius 2 is 2.00 bits per heavy atom. The van der Waals surface area contributed by atoms with Crippen LogP contribution in [0, 0.1) is 11.2 Å². The monoisotopic (exact) mass is 332 g/mol. The molecule has 128 valence electrons. The topological polar surface area (TPSA) is 41.1 Å². The number of nitrogens with one attached hydrogen (secondary N) is 2. The first-order valence-electron chi connectivity index (χ1n) is 7.63. The van der Waals surface area contributed by atoms with Gasteiger partial charge in [-0.05, 0) is 37.5 Å². The van der Waals surface area contributed by atoms with Crippen molar-refractivity contribution in [2.24, 2.45) is 5.41 Å². The van der Waals surface area contributed by atoms with Gasteiger partial charge in [0.15, 0.2) is 0 Å². The van der Waals surface area contributed by atoms with Gasteiger partial charge in [0.1, 0.15) is 5.82 Å². The zero-order valence-corrected chi connectivity index (χ0v) is 12.9. The third-order valence-corrected chi connectivity index (χ3v) is 4.29. The predicted molar refractivity (Wildman–Crippen MR) is 78.1 cm³/mol. The molecule has 1 aliphatic rings. The van der Waals surface area contributed by atoms with Gasteiger partial charge in [-0.3, -0.25) is 4.79 Å². The number of alkyl halides is 3. The van der Waals surface area contributed by atoms with Gasteiger partial charge < -0.3 is 10.6 Å². The van der Waals surface area contributed by atoms with Crippen LogP contribution in [0.3, 0.4) is 0 Å². The van der Waals surface area contributed by atoms with Crippen molar-refractivity contribution in [1.82, 2.24) is 10.6 Å². The van der Waals surface area contributed by atoms with Gasteiger partial charge in [-0.25, -0.2) is 4.39 Å². The Morgan fingerprint density at radius 1 is 1.30 bits per heavy atom. The van der Waals surface area contributed by atoms with E-state index in [1.165, 1.54) is 0 Å². The van der Waals surface area contributed by atoms with E-state index in [9.17, 15) is 22.4 Å². The normalized spacial score (nSPS) is 16.7. The molecule has 0 aromatic heterocycles. The lowest BCUT2D eigenvalue weighted by Gasteiger charge is -2.40. The summed E-state index contributed by atoms with van der Waals surface area (Å²) in [7, 11) is 0. The molecule has 1 fully saturated rings. The summed E-state index contributed by atoms with van der Waals surface area (Å²) in [5.41, 5.74) is -1.54. The first kappa shape index (κ1) is 17.7.